The summed E-state index contributed by atoms with van der Waals surface area (Å²) in [5, 5.41) is 11.8. The summed E-state index contributed by atoms with van der Waals surface area (Å²) in [5.41, 5.74) is 0.619. The molecule has 1 rings (SSSR count). The Morgan fingerprint density at radius 2 is 1.57 bits per heavy atom. The number of nitrogens with one attached hydrogen (secondary N) is 1. The van der Waals surface area contributed by atoms with Crippen molar-refractivity contribution in [3.05, 3.63) is 24.3 Å². The third-order valence-corrected chi connectivity index (χ3v) is 3.34. The Kier molecular flexibility index (Phi) is 9.09. The van der Waals surface area contributed by atoms with Crippen LogP contribution < -0.4 is 5.32 Å². The van der Waals surface area contributed by atoms with Crippen LogP contribution in [0.2, 0.25) is 0 Å². The predicted molar refractivity (Wildman–Crippen MR) is 85.7 cm³/mol. The van der Waals surface area contributed by atoms with Crippen molar-refractivity contribution in [1.29, 1.82) is 0 Å². The molecule has 0 bridgehead atoms. The number of carbonyl (C=O) groups excluding carboxylic acids is 1. The van der Waals surface area contributed by atoms with Gasteiger partial charge in [-0.1, -0.05) is 51.9 Å². The maximum atomic E-state index is 11.5. The predicted octanol–water partition coefficient (Wildman–Crippen LogP) is 5.08. The van der Waals surface area contributed by atoms with Crippen molar-refractivity contribution in [2.75, 3.05) is 11.9 Å². The van der Waals surface area contributed by atoms with Gasteiger partial charge < -0.3 is 9.84 Å². The Hall–Kier alpha value is -1.71. The van der Waals surface area contributed by atoms with Gasteiger partial charge in [0.1, 0.15) is 5.75 Å². The molecule has 4 nitrogen and oxygen atoms in total. The second-order valence-electron chi connectivity index (χ2n) is 5.28. The molecule has 0 heterocycles. The summed E-state index contributed by atoms with van der Waals surface area (Å²) in [6.45, 7) is 2.68. The monoisotopic (exact) mass is 293 g/mol. The van der Waals surface area contributed by atoms with Gasteiger partial charge in [0, 0.05) is 5.69 Å². The van der Waals surface area contributed by atoms with E-state index in [9.17, 15) is 4.79 Å². The zero-order chi connectivity index (χ0) is 15.3. The van der Waals surface area contributed by atoms with Crippen LogP contribution in [0.3, 0.4) is 0 Å². The van der Waals surface area contributed by atoms with Crippen molar-refractivity contribution in [3.63, 3.8) is 0 Å². The summed E-state index contributed by atoms with van der Waals surface area (Å²) in [5.74, 6) is 0.174. The molecule has 1 aromatic carbocycles. The molecule has 0 unspecified atom stereocenters. The molecule has 21 heavy (non-hydrogen) atoms. The van der Waals surface area contributed by atoms with Gasteiger partial charge >= 0.3 is 6.09 Å². The first-order chi connectivity index (χ1) is 10.2. The first-order valence-corrected chi connectivity index (χ1v) is 7.95. The number of aromatic hydroxyl groups is 1. The normalized spacial score (nSPS) is 10.3. The van der Waals surface area contributed by atoms with Gasteiger partial charge in [-0.2, -0.15) is 0 Å². The molecule has 4 heteroatoms. The smallest absolute Gasteiger partial charge is 0.411 e. The van der Waals surface area contributed by atoms with Gasteiger partial charge in [-0.3, -0.25) is 5.32 Å². The Morgan fingerprint density at radius 3 is 2.19 bits per heavy atom. The molecule has 0 aliphatic heterocycles. The number of rotatable bonds is 10. The summed E-state index contributed by atoms with van der Waals surface area (Å²) in [6, 6.07) is 6.31. The number of carbonyl (C=O) groups is 1. The molecule has 0 spiro atoms. The van der Waals surface area contributed by atoms with Crippen LogP contribution in [0.15, 0.2) is 24.3 Å². The Morgan fingerprint density at radius 1 is 1.00 bits per heavy atom. The molecule has 0 atom stereocenters. The number of phenolic OH excluding ortho intramolecular Hbond substituents is 1. The highest BCUT2D eigenvalue weighted by atomic mass is 16.5. The average Bonchev–Trinajstić information content (AvgIpc) is 2.48. The summed E-state index contributed by atoms with van der Waals surface area (Å²) >= 11 is 0. The molecule has 118 valence electrons. The topological polar surface area (TPSA) is 58.6 Å². The van der Waals surface area contributed by atoms with Crippen molar-refractivity contribution in [3.8, 4) is 5.75 Å². The highest BCUT2D eigenvalue weighted by molar-refractivity contribution is 5.84. The van der Waals surface area contributed by atoms with Crippen molar-refractivity contribution in [2.24, 2.45) is 0 Å². The van der Waals surface area contributed by atoms with Gasteiger partial charge in [-0.25, -0.2) is 4.79 Å². The van der Waals surface area contributed by atoms with Crippen LogP contribution in [-0.4, -0.2) is 17.8 Å². The van der Waals surface area contributed by atoms with Crippen LogP contribution in [0.1, 0.15) is 58.3 Å². The van der Waals surface area contributed by atoms with E-state index >= 15 is 0 Å². The fourth-order valence-electron chi connectivity index (χ4n) is 2.10. The lowest BCUT2D eigenvalue weighted by atomic mass is 10.1. The average molecular weight is 293 g/mol. The summed E-state index contributed by atoms with van der Waals surface area (Å²) in [7, 11) is 0. The van der Waals surface area contributed by atoms with E-state index in [1.165, 1.54) is 50.7 Å². The van der Waals surface area contributed by atoms with E-state index < -0.39 is 6.09 Å². The van der Waals surface area contributed by atoms with E-state index in [2.05, 4.69) is 12.2 Å². The Balaban J connectivity index is 1.97. The number of benzene rings is 1. The molecule has 0 aliphatic carbocycles. The van der Waals surface area contributed by atoms with Gasteiger partial charge in [0.05, 0.1) is 6.61 Å². The minimum absolute atomic E-state index is 0.174. The molecule has 0 radical (unpaired) electrons. The molecule has 2 N–H and O–H groups in total. The Labute approximate surface area is 127 Å². The summed E-state index contributed by atoms with van der Waals surface area (Å²) in [6.07, 6.45) is 9.34. The van der Waals surface area contributed by atoms with Crippen LogP contribution in [0.5, 0.6) is 5.75 Å². The lowest BCUT2D eigenvalue weighted by molar-refractivity contribution is 0.159. The van der Waals surface area contributed by atoms with Gasteiger partial charge in [-0.05, 0) is 30.7 Å². The number of phenols is 1. The maximum absolute atomic E-state index is 11.5. The molecule has 0 aromatic heterocycles. The number of unbranched alkanes of at least 4 members (excludes halogenated alkanes) is 7. The number of hydrogen-bond donors (Lipinski definition) is 2. The highest BCUT2D eigenvalue weighted by Crippen LogP contribution is 2.14. The number of anilines is 1. The molecule has 1 amide bonds. The lowest BCUT2D eigenvalue weighted by Gasteiger charge is -2.07. The zero-order valence-corrected chi connectivity index (χ0v) is 12.9. The molecular weight excluding hydrogens is 266 g/mol. The number of amides is 1. The van der Waals surface area contributed by atoms with Crippen molar-refractivity contribution < 1.29 is 14.6 Å². The van der Waals surface area contributed by atoms with E-state index in [-0.39, 0.29) is 5.75 Å². The van der Waals surface area contributed by atoms with Crippen molar-refractivity contribution in [2.45, 2.75) is 58.3 Å². The molecular formula is C17H27NO3. The molecule has 0 saturated carbocycles. The first kappa shape index (κ1) is 17.3. The third kappa shape index (κ3) is 8.95. The van der Waals surface area contributed by atoms with Crippen molar-refractivity contribution in [1.82, 2.24) is 0 Å². The van der Waals surface area contributed by atoms with E-state index in [1.807, 2.05) is 0 Å². The third-order valence-electron chi connectivity index (χ3n) is 3.34. The fourth-order valence-corrected chi connectivity index (χ4v) is 2.10. The van der Waals surface area contributed by atoms with Gasteiger partial charge in [0.2, 0.25) is 0 Å². The van der Waals surface area contributed by atoms with Crippen LogP contribution in [-0.2, 0) is 4.74 Å². The van der Waals surface area contributed by atoms with E-state index in [1.54, 1.807) is 12.1 Å². The largest absolute Gasteiger partial charge is 0.508 e. The van der Waals surface area contributed by atoms with Crippen LogP contribution in [0, 0.1) is 0 Å². The maximum Gasteiger partial charge on any atom is 0.411 e. The summed E-state index contributed by atoms with van der Waals surface area (Å²) in [4.78, 5) is 11.5. The van der Waals surface area contributed by atoms with Gasteiger partial charge in [-0.15, -0.1) is 0 Å². The van der Waals surface area contributed by atoms with E-state index in [0.29, 0.717) is 12.3 Å². The quantitative estimate of drug-likeness (QED) is 0.467. The molecule has 0 fully saturated rings. The van der Waals surface area contributed by atoms with Gasteiger partial charge in [0.25, 0.3) is 0 Å². The Bertz CT molecular complexity index is 390. The van der Waals surface area contributed by atoms with Crippen LogP contribution in [0.25, 0.3) is 0 Å². The minimum Gasteiger partial charge on any atom is -0.508 e. The second-order valence-corrected chi connectivity index (χ2v) is 5.28. The molecule has 0 aliphatic rings. The van der Waals surface area contributed by atoms with E-state index in [0.717, 1.165) is 12.8 Å². The fraction of sp³-hybridized carbons (Fsp3) is 0.588. The first-order valence-electron chi connectivity index (χ1n) is 7.95. The zero-order valence-electron chi connectivity index (χ0n) is 12.9. The van der Waals surface area contributed by atoms with Crippen molar-refractivity contribution >= 4 is 11.8 Å². The molecule has 0 saturated heterocycles. The molecule has 1 aromatic rings. The van der Waals surface area contributed by atoms with Crippen LogP contribution in [0.4, 0.5) is 10.5 Å². The minimum atomic E-state index is -0.441. The summed E-state index contributed by atoms with van der Waals surface area (Å²) < 4.78 is 5.11. The number of ether oxygens (including phenoxy) is 1. The number of hydrogen-bond acceptors (Lipinski definition) is 3. The highest BCUT2D eigenvalue weighted by Gasteiger charge is 2.02. The van der Waals surface area contributed by atoms with E-state index in [4.69, 9.17) is 9.84 Å². The van der Waals surface area contributed by atoms with Gasteiger partial charge in [0.15, 0.2) is 0 Å². The SMILES string of the molecule is CCCCCCCCCCOC(=O)Nc1ccc(O)cc1. The second kappa shape index (κ2) is 11.0. The standard InChI is InChI=1S/C17H27NO3/c1-2-3-4-5-6-7-8-9-14-21-17(20)18-15-10-12-16(19)13-11-15/h10-13,19H,2-9,14H2,1H3,(H,18,20). The van der Waals surface area contributed by atoms with Crippen LogP contribution >= 0.6 is 0 Å². The lowest BCUT2D eigenvalue weighted by Crippen LogP contribution is -2.14.